The van der Waals surface area contributed by atoms with Crippen LogP contribution in [0.25, 0.3) is 0 Å². The summed E-state index contributed by atoms with van der Waals surface area (Å²) in [5.74, 6) is 0.910. The molecule has 1 heterocycles. The number of aromatic nitrogens is 3. The summed E-state index contributed by atoms with van der Waals surface area (Å²) in [6, 6.07) is 6.24. The van der Waals surface area contributed by atoms with Gasteiger partial charge in [-0.3, -0.25) is 0 Å². The molecule has 2 aromatic rings. The lowest BCUT2D eigenvalue weighted by Gasteiger charge is -2.08. The molecule has 1 aromatic heterocycles. The normalized spacial score (nSPS) is 10.9. The fraction of sp³-hybridized carbons (Fsp3) is 0.333. The highest BCUT2D eigenvalue weighted by Gasteiger charge is 2.10. The van der Waals surface area contributed by atoms with Crippen molar-refractivity contribution in [2.75, 3.05) is 6.54 Å². The smallest absolute Gasteiger partial charge is 0.195 e. The molecule has 0 saturated heterocycles. The first-order chi connectivity index (χ1) is 8.61. The Labute approximate surface area is 119 Å². The van der Waals surface area contributed by atoms with Crippen LogP contribution in [0.5, 0.6) is 0 Å². The van der Waals surface area contributed by atoms with Gasteiger partial charge in [0.15, 0.2) is 5.16 Å². The zero-order valence-corrected chi connectivity index (χ0v) is 12.8. The fourth-order valence-corrected chi connectivity index (χ4v) is 3.11. The molecular formula is C12H15BrN4S. The lowest BCUT2D eigenvalue weighted by Crippen LogP contribution is -2.04. The predicted molar refractivity (Wildman–Crippen MR) is 76.8 cm³/mol. The summed E-state index contributed by atoms with van der Waals surface area (Å²) in [7, 11) is 1.97. The molecule has 0 spiro atoms. The molecule has 0 amide bonds. The van der Waals surface area contributed by atoms with Gasteiger partial charge in [0, 0.05) is 16.4 Å². The predicted octanol–water partition coefficient (Wildman–Crippen LogP) is 2.54. The van der Waals surface area contributed by atoms with Crippen molar-refractivity contribution in [1.82, 2.24) is 14.8 Å². The van der Waals surface area contributed by atoms with Crippen molar-refractivity contribution in [3.05, 3.63) is 34.1 Å². The first-order valence-electron chi connectivity index (χ1n) is 5.64. The first-order valence-corrected chi connectivity index (χ1v) is 7.25. The van der Waals surface area contributed by atoms with Gasteiger partial charge in [0.25, 0.3) is 0 Å². The SMILES string of the molecule is Cc1nnc(Sc2cc(Br)ccc2CCN)n1C. The van der Waals surface area contributed by atoms with Gasteiger partial charge >= 0.3 is 0 Å². The largest absolute Gasteiger partial charge is 0.330 e. The molecule has 0 atom stereocenters. The van der Waals surface area contributed by atoms with E-state index >= 15 is 0 Å². The molecule has 1 aromatic carbocycles. The third-order valence-corrected chi connectivity index (χ3v) is 4.33. The average Bonchev–Trinajstić information content (AvgIpc) is 2.65. The maximum Gasteiger partial charge on any atom is 0.195 e. The van der Waals surface area contributed by atoms with Crippen molar-refractivity contribution in [1.29, 1.82) is 0 Å². The number of halogens is 1. The van der Waals surface area contributed by atoms with E-state index in [1.807, 2.05) is 24.6 Å². The Morgan fingerprint density at radius 3 is 2.78 bits per heavy atom. The Morgan fingerprint density at radius 2 is 2.17 bits per heavy atom. The topological polar surface area (TPSA) is 56.7 Å². The van der Waals surface area contributed by atoms with E-state index in [2.05, 4.69) is 38.3 Å². The van der Waals surface area contributed by atoms with Crippen molar-refractivity contribution in [2.24, 2.45) is 12.8 Å². The highest BCUT2D eigenvalue weighted by Crippen LogP contribution is 2.31. The Bertz CT molecular complexity index is 553. The molecule has 0 aliphatic heterocycles. The van der Waals surface area contributed by atoms with Gasteiger partial charge in [0.1, 0.15) is 5.82 Å². The first kappa shape index (κ1) is 13.6. The van der Waals surface area contributed by atoms with Crippen LogP contribution in [0.15, 0.2) is 32.7 Å². The van der Waals surface area contributed by atoms with Crippen molar-refractivity contribution >= 4 is 27.7 Å². The minimum atomic E-state index is 0.646. The maximum atomic E-state index is 5.64. The minimum Gasteiger partial charge on any atom is -0.330 e. The highest BCUT2D eigenvalue weighted by molar-refractivity contribution is 9.10. The van der Waals surface area contributed by atoms with Crippen LogP contribution in [0.2, 0.25) is 0 Å². The number of aryl methyl sites for hydroxylation is 1. The van der Waals surface area contributed by atoms with Crippen LogP contribution in [0.3, 0.4) is 0 Å². The van der Waals surface area contributed by atoms with Gasteiger partial charge in [-0.25, -0.2) is 0 Å². The number of nitrogens with zero attached hydrogens (tertiary/aromatic N) is 3. The van der Waals surface area contributed by atoms with Gasteiger partial charge in [0.2, 0.25) is 0 Å². The molecule has 2 N–H and O–H groups in total. The third-order valence-electron chi connectivity index (χ3n) is 2.70. The summed E-state index contributed by atoms with van der Waals surface area (Å²) >= 11 is 5.12. The van der Waals surface area contributed by atoms with Gasteiger partial charge in [-0.2, -0.15) is 0 Å². The second kappa shape index (κ2) is 5.86. The molecule has 96 valence electrons. The molecule has 0 bridgehead atoms. The third kappa shape index (κ3) is 2.93. The quantitative estimate of drug-likeness (QED) is 0.938. The van der Waals surface area contributed by atoms with Gasteiger partial charge < -0.3 is 10.3 Å². The number of hydrogen-bond acceptors (Lipinski definition) is 4. The Hall–Kier alpha value is -0.850. The summed E-state index contributed by atoms with van der Waals surface area (Å²) in [5.41, 5.74) is 6.88. The van der Waals surface area contributed by atoms with Crippen molar-refractivity contribution in [2.45, 2.75) is 23.4 Å². The monoisotopic (exact) mass is 326 g/mol. The van der Waals surface area contributed by atoms with Crippen LogP contribution in [-0.2, 0) is 13.5 Å². The number of hydrogen-bond donors (Lipinski definition) is 1. The number of benzene rings is 1. The number of nitrogens with two attached hydrogens (primary N) is 1. The molecule has 6 heteroatoms. The van der Waals surface area contributed by atoms with Crippen LogP contribution >= 0.6 is 27.7 Å². The standard InChI is InChI=1S/C12H15BrN4S/c1-8-15-16-12(17(8)2)18-11-7-10(13)4-3-9(11)5-6-14/h3-4,7H,5-6,14H2,1-2H3. The van der Waals surface area contributed by atoms with Crippen molar-refractivity contribution < 1.29 is 0 Å². The van der Waals surface area contributed by atoms with E-state index in [4.69, 9.17) is 5.73 Å². The van der Waals surface area contributed by atoms with Crippen LogP contribution in [0, 0.1) is 6.92 Å². The zero-order valence-electron chi connectivity index (χ0n) is 10.4. The summed E-state index contributed by atoms with van der Waals surface area (Å²) in [6.07, 6.45) is 0.868. The van der Waals surface area contributed by atoms with E-state index < -0.39 is 0 Å². The molecule has 2 rings (SSSR count). The van der Waals surface area contributed by atoms with Crippen LogP contribution in [0.4, 0.5) is 0 Å². The van der Waals surface area contributed by atoms with Crippen molar-refractivity contribution in [3.63, 3.8) is 0 Å². The van der Waals surface area contributed by atoms with Gasteiger partial charge in [-0.15, -0.1) is 10.2 Å². The van der Waals surface area contributed by atoms with Crippen LogP contribution in [0.1, 0.15) is 11.4 Å². The maximum absolute atomic E-state index is 5.64. The van der Waals surface area contributed by atoms with Gasteiger partial charge in [0.05, 0.1) is 0 Å². The van der Waals surface area contributed by atoms with E-state index in [1.165, 1.54) is 10.5 Å². The summed E-state index contributed by atoms with van der Waals surface area (Å²) in [5, 5.41) is 9.13. The lowest BCUT2D eigenvalue weighted by atomic mass is 10.1. The van der Waals surface area contributed by atoms with Crippen LogP contribution in [-0.4, -0.2) is 21.3 Å². The number of rotatable bonds is 4. The van der Waals surface area contributed by atoms with E-state index in [-0.39, 0.29) is 0 Å². The second-order valence-corrected chi connectivity index (χ2v) is 5.91. The van der Waals surface area contributed by atoms with Crippen molar-refractivity contribution in [3.8, 4) is 0 Å². The summed E-state index contributed by atoms with van der Waals surface area (Å²) < 4.78 is 3.04. The molecule has 0 unspecified atom stereocenters. The zero-order chi connectivity index (χ0) is 13.1. The molecule has 18 heavy (non-hydrogen) atoms. The van der Waals surface area contributed by atoms with Gasteiger partial charge in [-0.05, 0) is 49.3 Å². The molecule has 0 radical (unpaired) electrons. The van der Waals surface area contributed by atoms with E-state index in [1.54, 1.807) is 11.8 Å². The highest BCUT2D eigenvalue weighted by atomic mass is 79.9. The molecular weight excluding hydrogens is 312 g/mol. The molecule has 4 nitrogen and oxygen atoms in total. The Morgan fingerprint density at radius 1 is 1.39 bits per heavy atom. The molecule has 0 saturated carbocycles. The van der Waals surface area contributed by atoms with Gasteiger partial charge in [-0.1, -0.05) is 22.0 Å². The lowest BCUT2D eigenvalue weighted by molar-refractivity contribution is 0.765. The molecule has 0 fully saturated rings. The Kier molecular flexibility index (Phi) is 4.42. The fourth-order valence-electron chi connectivity index (χ4n) is 1.56. The second-order valence-electron chi connectivity index (χ2n) is 3.98. The summed E-state index contributed by atoms with van der Waals surface area (Å²) in [4.78, 5) is 1.17. The average molecular weight is 327 g/mol. The van der Waals surface area contributed by atoms with Crippen LogP contribution < -0.4 is 5.73 Å². The van der Waals surface area contributed by atoms with E-state index in [9.17, 15) is 0 Å². The minimum absolute atomic E-state index is 0.646. The molecule has 0 aliphatic rings. The Balaban J connectivity index is 2.32. The molecule has 0 aliphatic carbocycles. The van der Waals surface area contributed by atoms with E-state index in [0.29, 0.717) is 6.54 Å². The summed E-state index contributed by atoms with van der Waals surface area (Å²) in [6.45, 7) is 2.59. The van der Waals surface area contributed by atoms with E-state index in [0.717, 1.165) is 21.9 Å².